The zero-order valence-corrected chi connectivity index (χ0v) is 12.3. The van der Waals surface area contributed by atoms with Gasteiger partial charge in [0.25, 0.3) is 0 Å². The number of rotatable bonds is 2. The second-order valence-electron chi connectivity index (χ2n) is 4.78. The molecule has 0 spiro atoms. The van der Waals surface area contributed by atoms with Gasteiger partial charge in [-0.1, -0.05) is 40.2 Å². The lowest BCUT2D eigenvalue weighted by Gasteiger charge is -2.10. The summed E-state index contributed by atoms with van der Waals surface area (Å²) in [5.41, 5.74) is 10.3. The lowest BCUT2D eigenvalue weighted by molar-refractivity contribution is 0.802. The normalized spacial score (nSPS) is 11.1. The van der Waals surface area contributed by atoms with Gasteiger partial charge in [-0.05, 0) is 42.1 Å². The van der Waals surface area contributed by atoms with Gasteiger partial charge in [0.2, 0.25) is 0 Å². The number of hydrogen-bond acceptors (Lipinski definition) is 1. The minimum atomic E-state index is 0.782. The second kappa shape index (κ2) is 4.74. The van der Waals surface area contributed by atoms with Crippen LogP contribution in [0.2, 0.25) is 0 Å². The number of nitrogens with two attached hydrogens (primary N) is 1. The van der Waals surface area contributed by atoms with E-state index in [9.17, 15) is 0 Å². The fourth-order valence-corrected chi connectivity index (χ4v) is 2.94. The highest BCUT2D eigenvalue weighted by Gasteiger charge is 2.07. The lowest BCUT2D eigenvalue weighted by Crippen LogP contribution is -2.02. The number of nitrogen functional groups attached to an aromatic ring is 1. The molecule has 3 rings (SSSR count). The van der Waals surface area contributed by atoms with Crippen LogP contribution in [-0.2, 0) is 6.54 Å². The van der Waals surface area contributed by atoms with Gasteiger partial charge in [0.1, 0.15) is 0 Å². The molecule has 3 aromatic rings. The van der Waals surface area contributed by atoms with Crippen molar-refractivity contribution in [2.75, 3.05) is 5.73 Å². The lowest BCUT2D eigenvalue weighted by atomic mass is 10.2. The first kappa shape index (κ1) is 12.3. The Hall–Kier alpha value is -1.74. The SMILES string of the molecule is Cc1cc2ccccc2n1Cc1ccc(N)cc1Br. The van der Waals surface area contributed by atoms with Gasteiger partial charge in [0, 0.05) is 27.9 Å². The standard InChI is InChI=1S/C16H15BrN2/c1-11-8-12-4-2-3-5-16(12)19(11)10-13-6-7-14(18)9-15(13)17/h2-9H,10,18H2,1H3. The van der Waals surface area contributed by atoms with Gasteiger partial charge in [-0.25, -0.2) is 0 Å². The summed E-state index contributed by atoms with van der Waals surface area (Å²) < 4.78 is 3.38. The molecule has 0 aliphatic carbocycles. The van der Waals surface area contributed by atoms with Crippen molar-refractivity contribution in [1.29, 1.82) is 0 Å². The smallest absolute Gasteiger partial charge is 0.0489 e. The summed E-state index contributed by atoms with van der Waals surface area (Å²) in [6.45, 7) is 2.99. The molecule has 0 amide bonds. The van der Waals surface area contributed by atoms with Crippen molar-refractivity contribution in [3.8, 4) is 0 Å². The quantitative estimate of drug-likeness (QED) is 0.701. The van der Waals surface area contributed by atoms with Crippen LogP contribution in [-0.4, -0.2) is 4.57 Å². The first-order valence-corrected chi connectivity index (χ1v) is 7.03. The topological polar surface area (TPSA) is 30.9 Å². The van der Waals surface area contributed by atoms with E-state index in [1.165, 1.54) is 22.2 Å². The molecule has 19 heavy (non-hydrogen) atoms. The van der Waals surface area contributed by atoms with Crippen molar-refractivity contribution < 1.29 is 0 Å². The largest absolute Gasteiger partial charge is 0.399 e. The van der Waals surface area contributed by atoms with E-state index < -0.39 is 0 Å². The maximum absolute atomic E-state index is 5.78. The van der Waals surface area contributed by atoms with Crippen LogP contribution in [0.4, 0.5) is 5.69 Å². The number of para-hydroxylation sites is 1. The second-order valence-corrected chi connectivity index (χ2v) is 5.64. The van der Waals surface area contributed by atoms with Crippen LogP contribution in [0.25, 0.3) is 10.9 Å². The van der Waals surface area contributed by atoms with E-state index >= 15 is 0 Å². The fraction of sp³-hybridized carbons (Fsp3) is 0.125. The zero-order chi connectivity index (χ0) is 13.4. The highest BCUT2D eigenvalue weighted by molar-refractivity contribution is 9.10. The Morgan fingerprint density at radius 2 is 1.89 bits per heavy atom. The Morgan fingerprint density at radius 1 is 1.11 bits per heavy atom. The van der Waals surface area contributed by atoms with E-state index in [1.807, 2.05) is 12.1 Å². The zero-order valence-electron chi connectivity index (χ0n) is 10.7. The van der Waals surface area contributed by atoms with Gasteiger partial charge < -0.3 is 10.3 Å². The maximum Gasteiger partial charge on any atom is 0.0489 e. The van der Waals surface area contributed by atoms with Crippen molar-refractivity contribution in [2.45, 2.75) is 13.5 Å². The molecule has 1 heterocycles. The first-order valence-electron chi connectivity index (χ1n) is 6.24. The summed E-state index contributed by atoms with van der Waals surface area (Å²) in [7, 11) is 0. The number of aryl methyl sites for hydroxylation is 1. The summed E-state index contributed by atoms with van der Waals surface area (Å²) in [6.07, 6.45) is 0. The number of anilines is 1. The molecule has 1 aromatic heterocycles. The Labute approximate surface area is 121 Å². The van der Waals surface area contributed by atoms with E-state index in [4.69, 9.17) is 5.73 Å². The van der Waals surface area contributed by atoms with Crippen LogP contribution in [0.15, 0.2) is 53.0 Å². The minimum Gasteiger partial charge on any atom is -0.399 e. The number of halogens is 1. The Balaban J connectivity index is 2.08. The van der Waals surface area contributed by atoms with Gasteiger partial charge in [0.15, 0.2) is 0 Å². The third kappa shape index (κ3) is 2.26. The summed E-state index contributed by atoms with van der Waals surface area (Å²) in [5, 5.41) is 1.28. The summed E-state index contributed by atoms with van der Waals surface area (Å²) >= 11 is 3.59. The van der Waals surface area contributed by atoms with E-state index in [-0.39, 0.29) is 0 Å². The predicted molar refractivity (Wildman–Crippen MR) is 84.3 cm³/mol. The number of fused-ring (bicyclic) bond motifs is 1. The molecule has 2 nitrogen and oxygen atoms in total. The molecule has 3 heteroatoms. The molecule has 2 N–H and O–H groups in total. The monoisotopic (exact) mass is 314 g/mol. The molecular formula is C16H15BrN2. The van der Waals surface area contributed by atoms with Gasteiger partial charge >= 0.3 is 0 Å². The summed E-state index contributed by atoms with van der Waals surface area (Å²) in [5.74, 6) is 0. The first-order chi connectivity index (χ1) is 9.15. The van der Waals surface area contributed by atoms with Crippen molar-refractivity contribution in [1.82, 2.24) is 4.57 Å². The fourth-order valence-electron chi connectivity index (χ4n) is 2.42. The summed E-state index contributed by atoms with van der Waals surface area (Å²) in [6, 6.07) is 16.7. The Bertz CT molecular complexity index is 744. The molecule has 0 radical (unpaired) electrons. The molecular weight excluding hydrogens is 300 g/mol. The van der Waals surface area contributed by atoms with Crippen LogP contribution in [0, 0.1) is 6.92 Å². The average molecular weight is 315 g/mol. The third-order valence-electron chi connectivity index (χ3n) is 3.42. The van der Waals surface area contributed by atoms with E-state index in [0.29, 0.717) is 0 Å². The van der Waals surface area contributed by atoms with Gasteiger partial charge in [-0.15, -0.1) is 0 Å². The van der Waals surface area contributed by atoms with Crippen LogP contribution in [0.3, 0.4) is 0 Å². The van der Waals surface area contributed by atoms with Crippen LogP contribution >= 0.6 is 15.9 Å². The number of aromatic nitrogens is 1. The average Bonchev–Trinajstić information content (AvgIpc) is 2.69. The van der Waals surface area contributed by atoms with E-state index in [1.54, 1.807) is 0 Å². The van der Waals surface area contributed by atoms with Crippen LogP contribution in [0.1, 0.15) is 11.3 Å². The van der Waals surface area contributed by atoms with Gasteiger partial charge in [-0.3, -0.25) is 0 Å². The molecule has 0 atom stereocenters. The van der Waals surface area contributed by atoms with Crippen LogP contribution < -0.4 is 5.73 Å². The van der Waals surface area contributed by atoms with Gasteiger partial charge in [-0.2, -0.15) is 0 Å². The minimum absolute atomic E-state index is 0.782. The molecule has 0 aliphatic rings. The van der Waals surface area contributed by atoms with Crippen molar-refractivity contribution in [3.05, 3.63) is 64.3 Å². The number of hydrogen-bond donors (Lipinski definition) is 1. The van der Waals surface area contributed by atoms with Crippen molar-refractivity contribution in [2.24, 2.45) is 0 Å². The molecule has 0 bridgehead atoms. The Kier molecular flexibility index (Phi) is 3.07. The number of benzene rings is 2. The highest BCUT2D eigenvalue weighted by atomic mass is 79.9. The molecule has 2 aromatic carbocycles. The third-order valence-corrected chi connectivity index (χ3v) is 4.16. The maximum atomic E-state index is 5.78. The molecule has 0 saturated heterocycles. The predicted octanol–water partition coefficient (Wildman–Crippen LogP) is 4.34. The molecule has 0 aliphatic heterocycles. The molecule has 0 fully saturated rings. The summed E-state index contributed by atoms with van der Waals surface area (Å²) in [4.78, 5) is 0. The number of nitrogens with zero attached hydrogens (tertiary/aromatic N) is 1. The van der Waals surface area contributed by atoms with E-state index in [2.05, 4.69) is 63.8 Å². The van der Waals surface area contributed by atoms with Gasteiger partial charge in [0.05, 0.1) is 0 Å². The Morgan fingerprint density at radius 3 is 2.68 bits per heavy atom. The molecule has 0 unspecified atom stereocenters. The molecule has 0 saturated carbocycles. The van der Waals surface area contributed by atoms with E-state index in [0.717, 1.165) is 16.7 Å². The van der Waals surface area contributed by atoms with Crippen LogP contribution in [0.5, 0.6) is 0 Å². The highest BCUT2D eigenvalue weighted by Crippen LogP contribution is 2.25. The van der Waals surface area contributed by atoms with Crippen molar-refractivity contribution >= 4 is 32.5 Å². The van der Waals surface area contributed by atoms with Crippen molar-refractivity contribution in [3.63, 3.8) is 0 Å². The molecule has 96 valence electrons.